The van der Waals surface area contributed by atoms with Crippen LogP contribution < -0.4 is 5.32 Å². The lowest BCUT2D eigenvalue weighted by atomic mass is 9.92. The van der Waals surface area contributed by atoms with Gasteiger partial charge in [0, 0.05) is 37.8 Å². The first kappa shape index (κ1) is 12.9. The molecule has 0 aromatic carbocycles. The van der Waals surface area contributed by atoms with Crippen LogP contribution in [-0.4, -0.2) is 48.8 Å². The van der Waals surface area contributed by atoms with Crippen LogP contribution in [0.2, 0.25) is 0 Å². The van der Waals surface area contributed by atoms with Gasteiger partial charge in [0.05, 0.1) is 6.10 Å². The maximum atomic E-state index is 5.92. The zero-order valence-corrected chi connectivity index (χ0v) is 11.8. The highest BCUT2D eigenvalue weighted by Crippen LogP contribution is 2.33. The van der Waals surface area contributed by atoms with Crippen molar-refractivity contribution in [1.29, 1.82) is 0 Å². The van der Waals surface area contributed by atoms with Crippen LogP contribution in [0.5, 0.6) is 0 Å². The predicted octanol–water partition coefficient (Wildman–Crippen LogP) is 2.16. The molecule has 104 valence electrons. The maximum Gasteiger partial charge on any atom is 0.0702 e. The van der Waals surface area contributed by atoms with Gasteiger partial charge in [-0.25, -0.2) is 0 Å². The molecule has 1 N–H and O–H groups in total. The van der Waals surface area contributed by atoms with Crippen molar-refractivity contribution in [1.82, 2.24) is 10.2 Å². The predicted molar refractivity (Wildman–Crippen MR) is 73.8 cm³/mol. The van der Waals surface area contributed by atoms with Gasteiger partial charge >= 0.3 is 0 Å². The second-order valence-corrected chi connectivity index (χ2v) is 6.64. The van der Waals surface area contributed by atoms with E-state index in [-0.39, 0.29) is 0 Å². The Morgan fingerprint density at radius 1 is 1.22 bits per heavy atom. The van der Waals surface area contributed by atoms with Gasteiger partial charge in [0.15, 0.2) is 0 Å². The lowest BCUT2D eigenvalue weighted by Gasteiger charge is -2.46. The van der Waals surface area contributed by atoms with Crippen molar-refractivity contribution in [2.75, 3.05) is 26.2 Å². The summed E-state index contributed by atoms with van der Waals surface area (Å²) in [7, 11) is 0. The van der Waals surface area contributed by atoms with Crippen molar-refractivity contribution in [2.24, 2.45) is 0 Å². The lowest BCUT2D eigenvalue weighted by molar-refractivity contribution is -0.0269. The van der Waals surface area contributed by atoms with Gasteiger partial charge < -0.3 is 10.1 Å². The summed E-state index contributed by atoms with van der Waals surface area (Å²) >= 11 is 0. The van der Waals surface area contributed by atoms with Gasteiger partial charge in [-0.1, -0.05) is 12.8 Å². The molecule has 0 aromatic rings. The summed E-state index contributed by atoms with van der Waals surface area (Å²) in [5.74, 6) is 0. The van der Waals surface area contributed by atoms with Crippen molar-refractivity contribution < 1.29 is 4.74 Å². The molecule has 0 bridgehead atoms. The first-order chi connectivity index (χ1) is 8.77. The van der Waals surface area contributed by atoms with E-state index in [1.165, 1.54) is 51.5 Å². The van der Waals surface area contributed by atoms with E-state index in [1.807, 2.05) is 0 Å². The summed E-state index contributed by atoms with van der Waals surface area (Å²) in [6.45, 7) is 6.90. The van der Waals surface area contributed by atoms with Crippen molar-refractivity contribution in [3.05, 3.63) is 0 Å². The Hall–Kier alpha value is -0.120. The number of hydrogen-bond donors (Lipinski definition) is 1. The van der Waals surface area contributed by atoms with Gasteiger partial charge in [-0.3, -0.25) is 4.90 Å². The Kier molecular flexibility index (Phi) is 3.92. The first-order valence-corrected chi connectivity index (χ1v) is 7.88. The minimum atomic E-state index is 0.446. The third-order valence-electron chi connectivity index (χ3n) is 5.17. The molecule has 3 rings (SSSR count). The molecule has 3 nitrogen and oxygen atoms in total. The molecule has 3 heteroatoms. The monoisotopic (exact) mass is 252 g/mol. The average molecular weight is 252 g/mol. The average Bonchev–Trinajstić information content (AvgIpc) is 2.84. The molecule has 2 heterocycles. The molecular weight excluding hydrogens is 224 g/mol. The molecule has 3 fully saturated rings. The summed E-state index contributed by atoms with van der Waals surface area (Å²) in [6.07, 6.45) is 9.96. The minimum Gasteiger partial charge on any atom is -0.377 e. The van der Waals surface area contributed by atoms with Crippen LogP contribution in [0.1, 0.15) is 51.9 Å². The normalized spacial score (nSPS) is 37.2. The second-order valence-electron chi connectivity index (χ2n) is 6.64. The maximum absolute atomic E-state index is 5.92. The minimum absolute atomic E-state index is 0.446. The summed E-state index contributed by atoms with van der Waals surface area (Å²) in [4.78, 5) is 2.69. The quantitative estimate of drug-likeness (QED) is 0.815. The first-order valence-electron chi connectivity index (χ1n) is 7.88. The van der Waals surface area contributed by atoms with Gasteiger partial charge in [0.25, 0.3) is 0 Å². The Balaban J connectivity index is 1.58. The third-order valence-corrected chi connectivity index (χ3v) is 5.17. The van der Waals surface area contributed by atoms with Crippen LogP contribution in [0, 0.1) is 0 Å². The van der Waals surface area contributed by atoms with Crippen LogP contribution in [0.15, 0.2) is 0 Å². The van der Waals surface area contributed by atoms with Gasteiger partial charge in [-0.15, -0.1) is 0 Å². The van der Waals surface area contributed by atoms with E-state index in [1.54, 1.807) is 0 Å². The fraction of sp³-hybridized carbons (Fsp3) is 1.00. The highest BCUT2D eigenvalue weighted by atomic mass is 16.5. The standard InChI is InChI=1S/C15H28N2O/c1-13-10-16-15(7-3-4-8-15)12-17(13)11-14-6-2-5-9-18-14/h13-14,16H,2-12H2,1H3. The summed E-state index contributed by atoms with van der Waals surface area (Å²) < 4.78 is 5.92. The fourth-order valence-corrected chi connectivity index (χ4v) is 3.94. The molecule has 2 saturated heterocycles. The Morgan fingerprint density at radius 2 is 2.06 bits per heavy atom. The van der Waals surface area contributed by atoms with Gasteiger partial charge in [0.2, 0.25) is 0 Å². The fourth-order valence-electron chi connectivity index (χ4n) is 3.94. The highest BCUT2D eigenvalue weighted by Gasteiger charge is 2.40. The zero-order valence-electron chi connectivity index (χ0n) is 11.8. The molecule has 0 radical (unpaired) electrons. The van der Waals surface area contributed by atoms with Crippen LogP contribution in [0.25, 0.3) is 0 Å². The molecule has 2 atom stereocenters. The zero-order chi connectivity index (χ0) is 12.4. The molecule has 1 spiro atoms. The number of nitrogens with zero attached hydrogens (tertiary/aromatic N) is 1. The van der Waals surface area contributed by atoms with Gasteiger partial charge in [0.1, 0.15) is 0 Å². The van der Waals surface area contributed by atoms with Crippen LogP contribution >= 0.6 is 0 Å². The van der Waals surface area contributed by atoms with Crippen LogP contribution in [0.3, 0.4) is 0 Å². The summed E-state index contributed by atoms with van der Waals surface area (Å²) in [5.41, 5.74) is 0.446. The van der Waals surface area contributed by atoms with E-state index >= 15 is 0 Å². The van der Waals surface area contributed by atoms with Crippen LogP contribution in [-0.2, 0) is 4.74 Å². The number of piperazine rings is 1. The largest absolute Gasteiger partial charge is 0.377 e. The Morgan fingerprint density at radius 3 is 2.78 bits per heavy atom. The van der Waals surface area contributed by atoms with E-state index in [2.05, 4.69) is 17.1 Å². The molecule has 0 amide bonds. The van der Waals surface area contributed by atoms with E-state index in [0.29, 0.717) is 17.7 Å². The van der Waals surface area contributed by atoms with Crippen LogP contribution in [0.4, 0.5) is 0 Å². The van der Waals surface area contributed by atoms with E-state index in [0.717, 1.165) is 19.7 Å². The smallest absolute Gasteiger partial charge is 0.0702 e. The topological polar surface area (TPSA) is 24.5 Å². The number of hydrogen-bond acceptors (Lipinski definition) is 3. The third kappa shape index (κ3) is 2.73. The SMILES string of the molecule is CC1CNC2(CCCC2)CN1CC1CCCCO1. The summed E-state index contributed by atoms with van der Waals surface area (Å²) in [5, 5.41) is 3.83. The van der Waals surface area contributed by atoms with Gasteiger partial charge in [-0.2, -0.15) is 0 Å². The molecule has 2 aliphatic heterocycles. The van der Waals surface area contributed by atoms with Crippen molar-refractivity contribution >= 4 is 0 Å². The van der Waals surface area contributed by atoms with Crippen molar-refractivity contribution in [3.63, 3.8) is 0 Å². The Labute approximate surface area is 111 Å². The molecule has 3 aliphatic rings. The molecule has 0 aromatic heterocycles. The number of nitrogens with one attached hydrogen (secondary N) is 1. The number of rotatable bonds is 2. The van der Waals surface area contributed by atoms with Gasteiger partial charge in [-0.05, 0) is 39.0 Å². The number of ether oxygens (including phenoxy) is 1. The van der Waals surface area contributed by atoms with E-state index in [9.17, 15) is 0 Å². The van der Waals surface area contributed by atoms with E-state index < -0.39 is 0 Å². The highest BCUT2D eigenvalue weighted by molar-refractivity contribution is 5.00. The molecule has 2 unspecified atom stereocenters. The molecular formula is C15H28N2O. The van der Waals surface area contributed by atoms with Crippen molar-refractivity contribution in [2.45, 2.75) is 69.6 Å². The summed E-state index contributed by atoms with van der Waals surface area (Å²) in [6, 6.07) is 0.668. The molecule has 1 saturated carbocycles. The molecule has 18 heavy (non-hydrogen) atoms. The second kappa shape index (κ2) is 5.48. The lowest BCUT2D eigenvalue weighted by Crippen LogP contribution is -2.63. The van der Waals surface area contributed by atoms with Crippen molar-refractivity contribution in [3.8, 4) is 0 Å². The van der Waals surface area contributed by atoms with E-state index in [4.69, 9.17) is 4.74 Å². The molecule has 1 aliphatic carbocycles. The Bertz CT molecular complexity index is 270.